The molecule has 2 heterocycles. The van der Waals surface area contributed by atoms with Crippen molar-refractivity contribution in [1.82, 2.24) is 9.88 Å². The third-order valence-corrected chi connectivity index (χ3v) is 4.18. The zero-order valence-electron chi connectivity index (χ0n) is 11.7. The number of fused-ring (bicyclic) bond motifs is 3. The Morgan fingerprint density at radius 2 is 1.86 bits per heavy atom. The molecule has 1 N–H and O–H groups in total. The van der Waals surface area contributed by atoms with Gasteiger partial charge in [-0.3, -0.25) is 9.59 Å². The number of Topliss-reactive ketones (excluding diaryl/α,β-unsaturated/α-hetero) is 2. The predicted molar refractivity (Wildman–Crippen MR) is 66.0 cm³/mol. The summed E-state index contributed by atoms with van der Waals surface area (Å²) < 4.78 is 0. The summed E-state index contributed by atoms with van der Waals surface area (Å²) in [5, 5.41) is 9.85. The van der Waals surface area contributed by atoms with Gasteiger partial charge in [0, 0.05) is 112 Å². The second kappa shape index (κ2) is 6.48. The summed E-state index contributed by atoms with van der Waals surface area (Å²) in [6.45, 7) is 3.36. The fraction of sp³-hybridized carbons (Fsp3) is 0.429. The standard InChI is InChI=1S/C14H14N2O3.2Ac/c1-6-12(16-4-5-16)14(19)11-9(13(6)18)7-2-3-8(17)10(7)15-11;;/h8,17H,2-5H2,1H3,(H,15,18,19);;/p-1. The number of allylic oxidation sites excluding steroid dienone is 2. The van der Waals surface area contributed by atoms with Crippen LogP contribution >= 0.6 is 0 Å². The van der Waals surface area contributed by atoms with E-state index in [2.05, 4.69) is 4.98 Å². The number of hydrogen-bond donors (Lipinski definition) is 1. The summed E-state index contributed by atoms with van der Waals surface area (Å²) >= 11 is 0. The van der Waals surface area contributed by atoms with Crippen molar-refractivity contribution in [1.29, 1.82) is 0 Å². The molecule has 0 amide bonds. The molecular formula is C14H13Ac2N2O3-. The number of aliphatic hydroxyl groups excluding tert-OH is 1. The van der Waals surface area contributed by atoms with Crippen molar-refractivity contribution in [3.8, 4) is 0 Å². The largest absolute Gasteiger partial charge is 0.655 e. The van der Waals surface area contributed by atoms with Gasteiger partial charge in [-0.1, -0.05) is 11.3 Å². The number of hydrogen-bond acceptors (Lipinski definition) is 4. The number of aliphatic hydroxyl groups is 1. The summed E-state index contributed by atoms with van der Waals surface area (Å²) in [6.07, 6.45) is 0.587. The van der Waals surface area contributed by atoms with Crippen LogP contribution in [-0.2, 0) is 6.42 Å². The van der Waals surface area contributed by atoms with Crippen LogP contribution in [0.25, 0.3) is 0 Å². The maximum absolute atomic E-state index is 12.5. The van der Waals surface area contributed by atoms with Crippen LogP contribution in [0.15, 0.2) is 11.3 Å². The van der Waals surface area contributed by atoms with E-state index in [0.29, 0.717) is 35.4 Å². The van der Waals surface area contributed by atoms with Crippen LogP contribution in [0, 0.1) is 88.1 Å². The molecule has 1 aromatic heterocycles. The molecule has 1 aromatic rings. The van der Waals surface area contributed by atoms with Crippen molar-refractivity contribution in [3.63, 3.8) is 0 Å². The first-order valence-corrected chi connectivity index (χ1v) is 6.52. The van der Waals surface area contributed by atoms with E-state index in [0.717, 1.165) is 18.7 Å². The average molecular weight is 711 g/mol. The minimum atomic E-state index is -0.633. The maximum atomic E-state index is 12.5. The number of ketones is 2. The van der Waals surface area contributed by atoms with Gasteiger partial charge in [-0.2, -0.15) is 0 Å². The zero-order valence-corrected chi connectivity index (χ0v) is 21.2. The Morgan fingerprint density at radius 3 is 2.48 bits per heavy atom. The number of aromatic nitrogens is 1. The third kappa shape index (κ3) is 2.70. The van der Waals surface area contributed by atoms with Crippen LogP contribution in [0.5, 0.6) is 0 Å². The van der Waals surface area contributed by atoms with E-state index in [-0.39, 0.29) is 105 Å². The first kappa shape index (κ1) is 18.3. The van der Waals surface area contributed by atoms with E-state index in [1.165, 1.54) is 0 Å². The Labute approximate surface area is 194 Å². The van der Waals surface area contributed by atoms with Gasteiger partial charge in [0.15, 0.2) is 11.6 Å². The van der Waals surface area contributed by atoms with Crippen molar-refractivity contribution in [2.45, 2.75) is 25.9 Å². The Hall–Kier alpha value is 1.00. The number of carbonyl (C=O) groups excluding carboxylic acids is 2. The van der Waals surface area contributed by atoms with Crippen molar-refractivity contribution >= 4 is 11.6 Å². The van der Waals surface area contributed by atoms with E-state index >= 15 is 0 Å². The van der Waals surface area contributed by atoms with Gasteiger partial charge in [-0.25, -0.2) is 0 Å². The molecule has 21 heavy (non-hydrogen) atoms. The molecule has 1 atom stereocenters. The third-order valence-electron chi connectivity index (χ3n) is 4.18. The van der Waals surface area contributed by atoms with E-state index in [1.54, 1.807) is 6.92 Å². The fourth-order valence-electron chi connectivity index (χ4n) is 3.10. The molecule has 1 saturated heterocycles. The Balaban J connectivity index is 0.000000807. The Kier molecular flexibility index (Phi) is 5.66. The molecule has 104 valence electrons. The summed E-state index contributed by atoms with van der Waals surface area (Å²) in [6, 6.07) is 0. The smallest absolute Gasteiger partial charge is 0.190 e. The minimum absolute atomic E-state index is 0. The maximum Gasteiger partial charge on any atom is 0.190 e. The second-order valence-electron chi connectivity index (χ2n) is 5.37. The molecule has 0 bridgehead atoms. The van der Waals surface area contributed by atoms with Gasteiger partial charge in [-0.15, -0.1) is 5.69 Å². The molecule has 2 radical (unpaired) electrons. The van der Waals surface area contributed by atoms with Gasteiger partial charge in [0.05, 0.1) is 11.8 Å². The van der Waals surface area contributed by atoms with E-state index in [4.69, 9.17) is 0 Å². The molecule has 0 spiro atoms. The minimum Gasteiger partial charge on any atom is -0.655 e. The first-order chi connectivity index (χ1) is 9.09. The molecule has 4 rings (SSSR count). The second-order valence-corrected chi connectivity index (χ2v) is 5.37. The first-order valence-electron chi connectivity index (χ1n) is 6.52. The monoisotopic (exact) mass is 711 g/mol. The molecular weight excluding hydrogens is 698 g/mol. The van der Waals surface area contributed by atoms with Gasteiger partial charge in [-0.05, 0) is 19.8 Å². The predicted octanol–water partition coefficient (Wildman–Crippen LogP) is 0.592. The van der Waals surface area contributed by atoms with E-state index < -0.39 is 6.10 Å². The van der Waals surface area contributed by atoms with Crippen LogP contribution in [-0.4, -0.2) is 34.7 Å². The molecule has 1 fully saturated rings. The summed E-state index contributed by atoms with van der Waals surface area (Å²) in [5.41, 5.74) is 3.03. The average Bonchev–Trinajstić information content (AvgIpc) is 3.03. The molecule has 0 aromatic carbocycles. The molecule has 3 aliphatic rings. The van der Waals surface area contributed by atoms with Gasteiger partial charge in [0.25, 0.3) is 0 Å². The SMILES string of the molecule is CC1=C(N2CC2)C(=O)c2[n-]c3c(c2C1=O)CCC3O.[Ac].[Ac]. The number of carbonyl (C=O) groups is 2. The van der Waals surface area contributed by atoms with Crippen LogP contribution in [0.2, 0.25) is 0 Å². The van der Waals surface area contributed by atoms with Crippen molar-refractivity contribution in [2.75, 3.05) is 13.1 Å². The molecule has 2 aliphatic carbocycles. The van der Waals surface area contributed by atoms with Crippen LogP contribution in [0.3, 0.4) is 0 Å². The van der Waals surface area contributed by atoms with E-state index in [9.17, 15) is 14.7 Å². The molecule has 1 unspecified atom stereocenters. The molecule has 1 aliphatic heterocycles. The Bertz CT molecular complexity index is 674. The summed E-state index contributed by atoms with van der Waals surface area (Å²) in [7, 11) is 0. The Morgan fingerprint density at radius 1 is 1.19 bits per heavy atom. The van der Waals surface area contributed by atoms with Crippen LogP contribution in [0.4, 0.5) is 0 Å². The number of nitrogens with zero attached hydrogens (tertiary/aromatic N) is 2. The van der Waals surface area contributed by atoms with Gasteiger partial charge >= 0.3 is 0 Å². The van der Waals surface area contributed by atoms with Crippen molar-refractivity contribution < 1.29 is 103 Å². The van der Waals surface area contributed by atoms with Gasteiger partial charge < -0.3 is 15.0 Å². The van der Waals surface area contributed by atoms with Crippen molar-refractivity contribution in [2.24, 2.45) is 0 Å². The quantitative estimate of drug-likeness (QED) is 0.433. The van der Waals surface area contributed by atoms with Crippen molar-refractivity contribution in [3.05, 3.63) is 33.8 Å². The van der Waals surface area contributed by atoms with Crippen LogP contribution < -0.4 is 4.98 Å². The molecule has 5 nitrogen and oxygen atoms in total. The number of rotatable bonds is 1. The van der Waals surface area contributed by atoms with Crippen LogP contribution in [0.1, 0.15) is 51.6 Å². The zero-order chi connectivity index (χ0) is 13.3. The summed E-state index contributed by atoms with van der Waals surface area (Å²) in [5.74, 6) is -0.259. The van der Waals surface area contributed by atoms with Gasteiger partial charge in [0.1, 0.15) is 0 Å². The van der Waals surface area contributed by atoms with Gasteiger partial charge in [0.2, 0.25) is 0 Å². The van der Waals surface area contributed by atoms with E-state index in [1.807, 2.05) is 4.90 Å². The fourth-order valence-corrected chi connectivity index (χ4v) is 3.10. The molecule has 7 heteroatoms. The topological polar surface area (TPSA) is 71.5 Å². The normalized spacial score (nSPS) is 22.6. The molecule has 0 saturated carbocycles. The summed E-state index contributed by atoms with van der Waals surface area (Å²) in [4.78, 5) is 31.1.